The first-order valence-electron chi connectivity index (χ1n) is 6.75. The topological polar surface area (TPSA) is 40.5 Å². The van der Waals surface area contributed by atoms with Crippen LogP contribution in [0.5, 0.6) is 0 Å². The van der Waals surface area contributed by atoms with Crippen molar-refractivity contribution in [3.63, 3.8) is 0 Å². The van der Waals surface area contributed by atoms with E-state index in [9.17, 15) is 4.79 Å². The van der Waals surface area contributed by atoms with Gasteiger partial charge in [-0.15, -0.1) is 12.4 Å². The number of aliphatic hydroxyl groups excluding tert-OH is 1. The molecule has 3 nitrogen and oxygen atoms in total. The van der Waals surface area contributed by atoms with Crippen LogP contribution in [0.15, 0.2) is 60.7 Å². The lowest BCUT2D eigenvalue weighted by Crippen LogP contribution is -2.32. The minimum atomic E-state index is 0. The molecule has 0 atom stereocenters. The predicted molar refractivity (Wildman–Crippen MR) is 86.8 cm³/mol. The lowest BCUT2D eigenvalue weighted by molar-refractivity contribution is 0.0908. The first-order valence-corrected chi connectivity index (χ1v) is 6.75. The Balaban J connectivity index is 0.00000220. The molecule has 2 aromatic rings. The van der Waals surface area contributed by atoms with Gasteiger partial charge in [0.1, 0.15) is 0 Å². The third kappa shape index (κ3) is 5.68. The fourth-order valence-corrected chi connectivity index (χ4v) is 2.12. The third-order valence-electron chi connectivity index (χ3n) is 3.13. The van der Waals surface area contributed by atoms with Crippen LogP contribution in [0.25, 0.3) is 0 Å². The van der Waals surface area contributed by atoms with E-state index >= 15 is 0 Å². The molecular formula is C17H20ClNO2. The zero-order chi connectivity index (χ0) is 14.2. The van der Waals surface area contributed by atoms with Crippen LogP contribution in [-0.2, 0) is 6.54 Å². The molecule has 0 aromatic heterocycles. The summed E-state index contributed by atoms with van der Waals surface area (Å²) in [6.45, 7) is 1.53. The van der Waals surface area contributed by atoms with E-state index in [1.807, 2.05) is 65.6 Å². The van der Waals surface area contributed by atoms with Crippen molar-refractivity contribution < 1.29 is 9.90 Å². The zero-order valence-electron chi connectivity index (χ0n) is 11.8. The molecule has 0 aliphatic heterocycles. The second kappa shape index (κ2) is 9.29. The maximum Gasteiger partial charge on any atom is 0.176 e. The number of nitrogens with zero attached hydrogens (tertiary/aromatic N) is 1. The number of benzene rings is 2. The maximum absolute atomic E-state index is 12.2. The molecule has 0 fully saturated rings. The summed E-state index contributed by atoms with van der Waals surface area (Å²) in [6.07, 6.45) is 0. The Morgan fingerprint density at radius 2 is 1.52 bits per heavy atom. The fourth-order valence-electron chi connectivity index (χ4n) is 2.12. The molecule has 0 aliphatic rings. The van der Waals surface area contributed by atoms with Gasteiger partial charge in [0.2, 0.25) is 0 Å². The van der Waals surface area contributed by atoms with Crippen LogP contribution in [0.1, 0.15) is 15.9 Å². The molecule has 0 bridgehead atoms. The SMILES string of the molecule is Cl.O=C(CN(CCO)Cc1ccccc1)c1ccccc1. The molecule has 21 heavy (non-hydrogen) atoms. The molecule has 0 amide bonds. The number of rotatable bonds is 7. The summed E-state index contributed by atoms with van der Waals surface area (Å²) in [5.74, 6) is 0.0787. The van der Waals surface area contributed by atoms with E-state index in [0.717, 1.165) is 5.56 Å². The van der Waals surface area contributed by atoms with Crippen molar-refractivity contribution in [3.05, 3.63) is 71.8 Å². The largest absolute Gasteiger partial charge is 0.395 e. The second-order valence-corrected chi connectivity index (χ2v) is 4.71. The van der Waals surface area contributed by atoms with Gasteiger partial charge in [-0.05, 0) is 5.56 Å². The highest BCUT2D eigenvalue weighted by Crippen LogP contribution is 2.07. The number of aliphatic hydroxyl groups is 1. The van der Waals surface area contributed by atoms with Gasteiger partial charge >= 0.3 is 0 Å². The quantitative estimate of drug-likeness (QED) is 0.800. The normalized spacial score (nSPS) is 10.2. The number of ketones is 1. The number of halogens is 1. The molecule has 0 aliphatic carbocycles. The highest BCUT2D eigenvalue weighted by Gasteiger charge is 2.12. The van der Waals surface area contributed by atoms with E-state index in [-0.39, 0.29) is 24.8 Å². The van der Waals surface area contributed by atoms with Crippen molar-refractivity contribution in [2.24, 2.45) is 0 Å². The zero-order valence-corrected chi connectivity index (χ0v) is 12.6. The third-order valence-corrected chi connectivity index (χ3v) is 3.13. The smallest absolute Gasteiger partial charge is 0.176 e. The Morgan fingerprint density at radius 1 is 0.952 bits per heavy atom. The molecule has 0 radical (unpaired) electrons. The first-order chi connectivity index (χ1) is 9.79. The summed E-state index contributed by atoms with van der Waals surface area (Å²) in [7, 11) is 0. The Kier molecular flexibility index (Phi) is 7.69. The lowest BCUT2D eigenvalue weighted by atomic mass is 10.1. The van der Waals surface area contributed by atoms with Gasteiger partial charge in [0.25, 0.3) is 0 Å². The standard InChI is InChI=1S/C17H19NO2.ClH/c19-12-11-18(13-15-7-3-1-4-8-15)14-17(20)16-9-5-2-6-10-16;/h1-10,19H,11-14H2;1H. The van der Waals surface area contributed by atoms with Crippen LogP contribution >= 0.6 is 12.4 Å². The highest BCUT2D eigenvalue weighted by molar-refractivity contribution is 5.97. The Morgan fingerprint density at radius 3 is 2.10 bits per heavy atom. The molecule has 0 saturated carbocycles. The molecule has 1 N–H and O–H groups in total. The van der Waals surface area contributed by atoms with Gasteiger partial charge in [0.15, 0.2) is 5.78 Å². The van der Waals surface area contributed by atoms with Gasteiger partial charge in [0, 0.05) is 18.7 Å². The molecule has 0 saturated heterocycles. The Bertz CT molecular complexity index is 531. The monoisotopic (exact) mass is 305 g/mol. The molecule has 0 spiro atoms. The highest BCUT2D eigenvalue weighted by atomic mass is 35.5. The van der Waals surface area contributed by atoms with Gasteiger partial charge in [-0.2, -0.15) is 0 Å². The average molecular weight is 306 g/mol. The van der Waals surface area contributed by atoms with E-state index in [4.69, 9.17) is 5.11 Å². The van der Waals surface area contributed by atoms with Gasteiger partial charge in [-0.3, -0.25) is 9.69 Å². The minimum absolute atomic E-state index is 0. The number of hydrogen-bond acceptors (Lipinski definition) is 3. The van der Waals surface area contributed by atoms with Crippen molar-refractivity contribution in [2.45, 2.75) is 6.54 Å². The van der Waals surface area contributed by atoms with Crippen molar-refractivity contribution in [1.29, 1.82) is 0 Å². The van der Waals surface area contributed by atoms with Gasteiger partial charge in [-0.1, -0.05) is 60.7 Å². The van der Waals surface area contributed by atoms with Crippen molar-refractivity contribution in [3.8, 4) is 0 Å². The lowest BCUT2D eigenvalue weighted by Gasteiger charge is -2.20. The molecule has 2 aromatic carbocycles. The van der Waals surface area contributed by atoms with E-state index in [1.165, 1.54) is 0 Å². The van der Waals surface area contributed by atoms with E-state index in [0.29, 0.717) is 25.2 Å². The van der Waals surface area contributed by atoms with Crippen molar-refractivity contribution in [1.82, 2.24) is 4.90 Å². The molecule has 0 heterocycles. The number of hydrogen-bond donors (Lipinski definition) is 1. The fraction of sp³-hybridized carbons (Fsp3) is 0.235. The Hall–Kier alpha value is -1.68. The van der Waals surface area contributed by atoms with Crippen LogP contribution in [-0.4, -0.2) is 35.5 Å². The number of carbonyl (C=O) groups excluding carboxylic acids is 1. The summed E-state index contributed by atoms with van der Waals surface area (Å²) in [4.78, 5) is 14.2. The van der Waals surface area contributed by atoms with Crippen molar-refractivity contribution >= 4 is 18.2 Å². The summed E-state index contributed by atoms with van der Waals surface area (Å²) < 4.78 is 0. The summed E-state index contributed by atoms with van der Waals surface area (Å²) >= 11 is 0. The van der Waals surface area contributed by atoms with Crippen molar-refractivity contribution in [2.75, 3.05) is 19.7 Å². The summed E-state index contributed by atoms with van der Waals surface area (Å²) in [6, 6.07) is 19.2. The van der Waals surface area contributed by atoms with Crippen LogP contribution in [0.3, 0.4) is 0 Å². The first kappa shape index (κ1) is 17.4. The second-order valence-electron chi connectivity index (χ2n) is 4.71. The molecular weight excluding hydrogens is 286 g/mol. The van der Waals surface area contributed by atoms with Crippen LogP contribution in [0, 0.1) is 0 Å². The average Bonchev–Trinajstić information content (AvgIpc) is 2.49. The van der Waals surface area contributed by atoms with Crippen LogP contribution < -0.4 is 0 Å². The Labute approximate surface area is 131 Å². The maximum atomic E-state index is 12.2. The van der Waals surface area contributed by atoms with Gasteiger partial charge in [-0.25, -0.2) is 0 Å². The summed E-state index contributed by atoms with van der Waals surface area (Å²) in [5, 5.41) is 9.15. The molecule has 2 rings (SSSR count). The van der Waals surface area contributed by atoms with Gasteiger partial charge < -0.3 is 5.11 Å². The van der Waals surface area contributed by atoms with Crippen LogP contribution in [0.2, 0.25) is 0 Å². The van der Waals surface area contributed by atoms with Crippen LogP contribution in [0.4, 0.5) is 0 Å². The molecule has 112 valence electrons. The van der Waals surface area contributed by atoms with E-state index in [1.54, 1.807) is 0 Å². The van der Waals surface area contributed by atoms with E-state index in [2.05, 4.69) is 0 Å². The number of carbonyl (C=O) groups is 1. The minimum Gasteiger partial charge on any atom is -0.395 e. The predicted octanol–water partition coefficient (Wildman–Crippen LogP) is 2.79. The van der Waals surface area contributed by atoms with E-state index < -0.39 is 0 Å². The number of Topliss-reactive ketones (excluding diaryl/α,β-unsaturated/α-hetero) is 1. The summed E-state index contributed by atoms with van der Waals surface area (Å²) in [5.41, 5.74) is 1.85. The molecule has 4 heteroatoms. The molecule has 0 unspecified atom stereocenters. The van der Waals surface area contributed by atoms with Gasteiger partial charge in [0.05, 0.1) is 13.2 Å².